The number of aromatic amines is 1. The van der Waals surface area contributed by atoms with Gasteiger partial charge in [-0.3, -0.25) is 9.59 Å². The summed E-state index contributed by atoms with van der Waals surface area (Å²) in [6.45, 7) is 0.485. The summed E-state index contributed by atoms with van der Waals surface area (Å²) < 4.78 is 0. The van der Waals surface area contributed by atoms with Gasteiger partial charge in [-0.2, -0.15) is 22.1 Å². The van der Waals surface area contributed by atoms with E-state index in [9.17, 15) is 9.59 Å². The molecular formula is C15H14N4O2S. The predicted octanol–water partition coefficient (Wildman–Crippen LogP) is 1.30. The Morgan fingerprint density at radius 1 is 1.32 bits per heavy atom. The number of nitriles is 1. The Morgan fingerprint density at radius 2 is 2.14 bits per heavy atom. The summed E-state index contributed by atoms with van der Waals surface area (Å²) in [4.78, 5) is 22.6. The van der Waals surface area contributed by atoms with Crippen molar-refractivity contribution in [3.05, 3.63) is 63.6 Å². The van der Waals surface area contributed by atoms with Gasteiger partial charge in [0.15, 0.2) is 0 Å². The highest BCUT2D eigenvalue weighted by Gasteiger charge is 2.06. The molecule has 0 aliphatic heterocycles. The molecule has 2 N–H and O–H groups in total. The zero-order chi connectivity index (χ0) is 15.8. The molecule has 0 fully saturated rings. The van der Waals surface area contributed by atoms with Crippen LogP contribution in [-0.4, -0.2) is 28.4 Å². The zero-order valence-corrected chi connectivity index (χ0v) is 12.5. The predicted molar refractivity (Wildman–Crippen MR) is 84.5 cm³/mol. The molecule has 0 saturated carbocycles. The molecule has 0 radical (unpaired) electrons. The Labute approximate surface area is 131 Å². The van der Waals surface area contributed by atoms with E-state index in [4.69, 9.17) is 5.26 Å². The molecule has 0 unspecified atom stereocenters. The van der Waals surface area contributed by atoms with Crippen LogP contribution in [0.3, 0.4) is 0 Å². The van der Waals surface area contributed by atoms with E-state index in [0.29, 0.717) is 12.1 Å². The van der Waals surface area contributed by atoms with Crippen LogP contribution < -0.4 is 10.9 Å². The minimum Gasteiger partial charge on any atom is -0.350 e. The first-order chi connectivity index (χ1) is 10.7. The smallest absolute Gasteiger partial charge is 0.271 e. The Morgan fingerprint density at radius 3 is 2.86 bits per heavy atom. The fourth-order valence-corrected chi connectivity index (χ4v) is 2.60. The SMILES string of the molecule is N#Cc1ccccc1CSCCNC(=O)c1ccc(=O)[nH]n1. The van der Waals surface area contributed by atoms with Crippen molar-refractivity contribution in [3.63, 3.8) is 0 Å². The van der Waals surface area contributed by atoms with Crippen LogP contribution in [0, 0.1) is 11.3 Å². The monoisotopic (exact) mass is 314 g/mol. The molecular weight excluding hydrogens is 300 g/mol. The number of nitrogens with zero attached hydrogens (tertiary/aromatic N) is 2. The number of carbonyl (C=O) groups excluding carboxylic acids is 1. The summed E-state index contributed by atoms with van der Waals surface area (Å²) in [6.07, 6.45) is 0. The lowest BCUT2D eigenvalue weighted by atomic mass is 10.1. The maximum absolute atomic E-state index is 11.7. The Balaban J connectivity index is 1.73. The molecule has 1 aromatic heterocycles. The van der Waals surface area contributed by atoms with Gasteiger partial charge in [0, 0.05) is 24.1 Å². The first-order valence-corrected chi connectivity index (χ1v) is 7.76. The van der Waals surface area contributed by atoms with Crippen molar-refractivity contribution < 1.29 is 4.79 Å². The third-order valence-electron chi connectivity index (χ3n) is 2.84. The molecule has 7 heteroatoms. The molecule has 1 heterocycles. The van der Waals surface area contributed by atoms with Gasteiger partial charge >= 0.3 is 0 Å². The van der Waals surface area contributed by atoms with Crippen LogP contribution in [-0.2, 0) is 5.75 Å². The minimum absolute atomic E-state index is 0.180. The van der Waals surface area contributed by atoms with Gasteiger partial charge in [-0.05, 0) is 17.7 Å². The van der Waals surface area contributed by atoms with Crippen LogP contribution in [0.1, 0.15) is 21.6 Å². The lowest BCUT2D eigenvalue weighted by molar-refractivity contribution is 0.0950. The number of nitrogens with one attached hydrogen (secondary N) is 2. The molecule has 0 aliphatic rings. The molecule has 1 aromatic carbocycles. The van der Waals surface area contributed by atoms with E-state index < -0.39 is 0 Å². The quantitative estimate of drug-likeness (QED) is 0.783. The van der Waals surface area contributed by atoms with Crippen molar-refractivity contribution in [1.82, 2.24) is 15.5 Å². The fourth-order valence-electron chi connectivity index (χ4n) is 1.74. The van der Waals surface area contributed by atoms with Crippen molar-refractivity contribution in [2.45, 2.75) is 5.75 Å². The van der Waals surface area contributed by atoms with Gasteiger partial charge in [0.2, 0.25) is 0 Å². The van der Waals surface area contributed by atoms with Crippen LogP contribution in [0.4, 0.5) is 0 Å². The molecule has 2 rings (SSSR count). The average molecular weight is 314 g/mol. The second-order valence-electron chi connectivity index (χ2n) is 4.38. The van der Waals surface area contributed by atoms with E-state index in [2.05, 4.69) is 21.6 Å². The van der Waals surface area contributed by atoms with Crippen LogP contribution in [0.5, 0.6) is 0 Å². The van der Waals surface area contributed by atoms with Crippen molar-refractivity contribution in [3.8, 4) is 6.07 Å². The number of carbonyl (C=O) groups is 1. The highest BCUT2D eigenvalue weighted by molar-refractivity contribution is 7.98. The number of hydrogen-bond donors (Lipinski definition) is 2. The van der Waals surface area contributed by atoms with Gasteiger partial charge in [-0.25, -0.2) is 5.10 Å². The maximum Gasteiger partial charge on any atom is 0.271 e. The van der Waals surface area contributed by atoms with Crippen molar-refractivity contribution in [2.24, 2.45) is 0 Å². The molecule has 0 atom stereocenters. The van der Waals surface area contributed by atoms with Crippen molar-refractivity contribution in [2.75, 3.05) is 12.3 Å². The molecule has 6 nitrogen and oxygen atoms in total. The Hall–Kier alpha value is -2.59. The highest BCUT2D eigenvalue weighted by Crippen LogP contribution is 2.15. The first kappa shape index (κ1) is 15.8. The van der Waals surface area contributed by atoms with Gasteiger partial charge in [-0.1, -0.05) is 18.2 Å². The van der Waals surface area contributed by atoms with Gasteiger partial charge in [0.1, 0.15) is 5.69 Å². The normalized spacial score (nSPS) is 9.95. The largest absolute Gasteiger partial charge is 0.350 e. The van der Waals surface area contributed by atoms with Gasteiger partial charge < -0.3 is 5.32 Å². The highest BCUT2D eigenvalue weighted by atomic mass is 32.2. The Bertz CT molecular complexity index is 731. The standard InChI is InChI=1S/C15H14N4O2S/c16-9-11-3-1-2-4-12(11)10-22-8-7-17-15(21)13-5-6-14(20)19-18-13/h1-6H,7-8,10H2,(H,17,21)(H,19,20). The minimum atomic E-state index is -0.344. The summed E-state index contributed by atoms with van der Waals surface area (Å²) in [5.41, 5.74) is 1.50. The molecule has 22 heavy (non-hydrogen) atoms. The van der Waals surface area contributed by atoms with Crippen LogP contribution in [0.15, 0.2) is 41.2 Å². The average Bonchev–Trinajstić information content (AvgIpc) is 2.55. The lowest BCUT2D eigenvalue weighted by Gasteiger charge is -2.05. The number of aromatic nitrogens is 2. The number of thioether (sulfide) groups is 1. The van der Waals surface area contributed by atoms with Crippen molar-refractivity contribution >= 4 is 17.7 Å². The molecule has 0 spiro atoms. The van der Waals surface area contributed by atoms with Crippen LogP contribution in [0.25, 0.3) is 0 Å². The van der Waals surface area contributed by atoms with Crippen LogP contribution >= 0.6 is 11.8 Å². The third kappa shape index (κ3) is 4.46. The number of rotatable bonds is 6. The zero-order valence-electron chi connectivity index (χ0n) is 11.7. The lowest BCUT2D eigenvalue weighted by Crippen LogP contribution is -2.27. The maximum atomic E-state index is 11.7. The Kier molecular flexibility index (Phi) is 5.74. The number of H-pyrrole nitrogens is 1. The first-order valence-electron chi connectivity index (χ1n) is 6.60. The second kappa shape index (κ2) is 8.00. The number of hydrogen-bond acceptors (Lipinski definition) is 5. The molecule has 0 saturated heterocycles. The molecule has 2 aromatic rings. The number of amides is 1. The van der Waals surface area contributed by atoms with E-state index in [1.807, 2.05) is 18.2 Å². The third-order valence-corrected chi connectivity index (χ3v) is 3.85. The fraction of sp³-hybridized carbons (Fsp3) is 0.200. The molecule has 0 aliphatic carbocycles. The molecule has 0 bridgehead atoms. The summed E-state index contributed by atoms with van der Waals surface area (Å²) in [5, 5.41) is 17.6. The summed E-state index contributed by atoms with van der Waals surface area (Å²) in [7, 11) is 0. The van der Waals surface area contributed by atoms with Gasteiger partial charge in [0.25, 0.3) is 11.5 Å². The summed E-state index contributed by atoms with van der Waals surface area (Å²) in [5.74, 6) is 1.11. The van der Waals surface area contributed by atoms with Gasteiger partial charge in [-0.15, -0.1) is 0 Å². The topological polar surface area (TPSA) is 98.6 Å². The van der Waals surface area contributed by atoms with Crippen LogP contribution in [0.2, 0.25) is 0 Å². The summed E-state index contributed by atoms with van der Waals surface area (Å²) >= 11 is 1.63. The molecule has 112 valence electrons. The van der Waals surface area contributed by atoms with E-state index >= 15 is 0 Å². The van der Waals surface area contributed by atoms with E-state index in [1.54, 1.807) is 17.8 Å². The van der Waals surface area contributed by atoms with E-state index in [0.717, 1.165) is 17.1 Å². The summed E-state index contributed by atoms with van der Waals surface area (Å²) in [6, 6.07) is 12.3. The van der Waals surface area contributed by atoms with E-state index in [1.165, 1.54) is 12.1 Å². The van der Waals surface area contributed by atoms with Gasteiger partial charge in [0.05, 0.1) is 11.6 Å². The van der Waals surface area contributed by atoms with E-state index in [-0.39, 0.29) is 17.2 Å². The van der Waals surface area contributed by atoms with Crippen molar-refractivity contribution in [1.29, 1.82) is 5.26 Å². The molecule has 1 amide bonds. The number of benzene rings is 1. The second-order valence-corrected chi connectivity index (χ2v) is 5.49.